The normalized spacial score (nSPS) is 12.2. The van der Waals surface area contributed by atoms with Gasteiger partial charge in [0.1, 0.15) is 0 Å². The van der Waals surface area contributed by atoms with E-state index in [1.54, 1.807) is 18.2 Å². The van der Waals surface area contributed by atoms with Crippen LogP contribution in [0, 0.1) is 0 Å². The lowest BCUT2D eigenvalue weighted by Crippen LogP contribution is -2.22. The van der Waals surface area contributed by atoms with Gasteiger partial charge in [0.15, 0.2) is 11.5 Å². The lowest BCUT2D eigenvalue weighted by Gasteiger charge is -2.07. The van der Waals surface area contributed by atoms with Gasteiger partial charge in [-0.1, -0.05) is 18.2 Å². The van der Waals surface area contributed by atoms with Crippen molar-refractivity contribution in [3.63, 3.8) is 0 Å². The Balaban J connectivity index is 1.46. The molecule has 2 aromatic carbocycles. The van der Waals surface area contributed by atoms with Crippen LogP contribution in [0.1, 0.15) is 15.9 Å². The molecule has 8 nitrogen and oxygen atoms in total. The summed E-state index contributed by atoms with van der Waals surface area (Å²) in [5.41, 5.74) is 2.18. The van der Waals surface area contributed by atoms with Crippen LogP contribution in [-0.4, -0.2) is 33.3 Å². The molecular formula is C16H13N5O3. The third kappa shape index (κ3) is 2.76. The van der Waals surface area contributed by atoms with Crippen molar-refractivity contribution in [1.29, 1.82) is 0 Å². The number of hydrogen-bond donors (Lipinski definition) is 2. The number of tetrazole rings is 1. The quantitative estimate of drug-likeness (QED) is 0.755. The van der Waals surface area contributed by atoms with Crippen LogP contribution >= 0.6 is 0 Å². The number of amides is 1. The van der Waals surface area contributed by atoms with Crippen molar-refractivity contribution in [2.24, 2.45) is 0 Å². The maximum atomic E-state index is 12.3. The summed E-state index contributed by atoms with van der Waals surface area (Å²) in [6.07, 6.45) is 0. The zero-order valence-electron chi connectivity index (χ0n) is 12.5. The lowest BCUT2D eigenvalue weighted by atomic mass is 10.1. The fourth-order valence-electron chi connectivity index (χ4n) is 2.42. The Morgan fingerprint density at radius 2 is 2.08 bits per heavy atom. The molecule has 2 heterocycles. The zero-order valence-corrected chi connectivity index (χ0v) is 12.5. The second-order valence-electron chi connectivity index (χ2n) is 5.19. The number of ether oxygens (including phenoxy) is 2. The molecule has 0 fully saturated rings. The first-order valence-electron chi connectivity index (χ1n) is 7.30. The summed E-state index contributed by atoms with van der Waals surface area (Å²) in [4.78, 5) is 12.3. The van der Waals surface area contributed by atoms with E-state index in [1.807, 2.05) is 24.3 Å². The zero-order chi connectivity index (χ0) is 16.4. The van der Waals surface area contributed by atoms with Crippen molar-refractivity contribution in [3.05, 3.63) is 53.6 Å². The van der Waals surface area contributed by atoms with Crippen LogP contribution in [0.2, 0.25) is 0 Å². The molecule has 24 heavy (non-hydrogen) atoms. The molecule has 0 aliphatic carbocycles. The molecule has 1 aliphatic rings. The summed E-state index contributed by atoms with van der Waals surface area (Å²) in [6, 6.07) is 12.6. The minimum Gasteiger partial charge on any atom is -0.454 e. The Labute approximate surface area is 136 Å². The van der Waals surface area contributed by atoms with E-state index >= 15 is 0 Å². The van der Waals surface area contributed by atoms with E-state index in [4.69, 9.17) is 9.47 Å². The van der Waals surface area contributed by atoms with Crippen molar-refractivity contribution in [2.75, 3.05) is 6.79 Å². The number of fused-ring (bicyclic) bond motifs is 1. The number of nitrogens with zero attached hydrogens (tertiary/aromatic N) is 3. The number of carbonyl (C=O) groups excluding carboxylic acids is 1. The summed E-state index contributed by atoms with van der Waals surface area (Å²) < 4.78 is 10.6. The average Bonchev–Trinajstić information content (AvgIpc) is 3.30. The van der Waals surface area contributed by atoms with Gasteiger partial charge in [0, 0.05) is 17.7 Å². The first-order valence-corrected chi connectivity index (χ1v) is 7.30. The van der Waals surface area contributed by atoms with Crippen LogP contribution in [0.15, 0.2) is 42.5 Å². The fourth-order valence-corrected chi connectivity index (χ4v) is 2.42. The fraction of sp³-hybridized carbons (Fsp3) is 0.125. The van der Waals surface area contributed by atoms with Gasteiger partial charge >= 0.3 is 0 Å². The lowest BCUT2D eigenvalue weighted by molar-refractivity contribution is 0.0951. The molecule has 0 radical (unpaired) electrons. The van der Waals surface area contributed by atoms with E-state index in [0.717, 1.165) is 16.9 Å². The first kappa shape index (κ1) is 14.2. The van der Waals surface area contributed by atoms with E-state index in [-0.39, 0.29) is 12.7 Å². The van der Waals surface area contributed by atoms with E-state index in [0.29, 0.717) is 23.7 Å². The number of aromatic nitrogens is 4. The third-order valence-electron chi connectivity index (χ3n) is 3.62. The van der Waals surface area contributed by atoms with Crippen LogP contribution < -0.4 is 14.8 Å². The highest BCUT2D eigenvalue weighted by Crippen LogP contribution is 2.32. The van der Waals surface area contributed by atoms with Gasteiger partial charge in [0.05, 0.1) is 0 Å². The van der Waals surface area contributed by atoms with Crippen LogP contribution in [0.25, 0.3) is 11.4 Å². The van der Waals surface area contributed by atoms with Crippen molar-refractivity contribution >= 4 is 5.91 Å². The van der Waals surface area contributed by atoms with Crippen molar-refractivity contribution < 1.29 is 14.3 Å². The smallest absolute Gasteiger partial charge is 0.251 e. The Morgan fingerprint density at radius 3 is 2.96 bits per heavy atom. The number of carbonyl (C=O) groups is 1. The molecule has 2 N–H and O–H groups in total. The molecule has 8 heteroatoms. The molecule has 4 rings (SSSR count). The number of hydrogen-bond acceptors (Lipinski definition) is 6. The van der Waals surface area contributed by atoms with Gasteiger partial charge in [0.25, 0.3) is 5.91 Å². The van der Waals surface area contributed by atoms with E-state index in [1.165, 1.54) is 0 Å². The van der Waals surface area contributed by atoms with Crippen LogP contribution in [-0.2, 0) is 6.54 Å². The van der Waals surface area contributed by atoms with E-state index in [9.17, 15) is 4.79 Å². The number of aromatic amines is 1. The second kappa shape index (κ2) is 5.99. The predicted octanol–water partition coefficient (Wildman–Crippen LogP) is 1.53. The standard InChI is InChI=1S/C16H13N5O3/c22-16(12-3-1-2-11(7-12)15-18-20-21-19-15)17-8-10-4-5-13-14(6-10)24-9-23-13/h1-7H,8-9H2,(H,17,22)(H,18,19,20,21). The average molecular weight is 323 g/mol. The molecule has 120 valence electrons. The SMILES string of the molecule is O=C(NCc1ccc2c(c1)OCO2)c1cccc(-c2nn[nH]n2)c1. The number of H-pyrrole nitrogens is 1. The molecule has 0 saturated carbocycles. The van der Waals surface area contributed by atoms with Gasteiger partial charge in [-0.3, -0.25) is 4.79 Å². The molecule has 0 atom stereocenters. The van der Waals surface area contributed by atoms with Gasteiger partial charge in [-0.15, -0.1) is 10.2 Å². The van der Waals surface area contributed by atoms with Gasteiger partial charge < -0.3 is 14.8 Å². The predicted molar refractivity (Wildman–Crippen MR) is 83.3 cm³/mol. The topological polar surface area (TPSA) is 102 Å². The molecule has 1 aliphatic heterocycles. The Kier molecular flexibility index (Phi) is 3.54. The Bertz CT molecular complexity index is 879. The summed E-state index contributed by atoms with van der Waals surface area (Å²) in [7, 11) is 0. The highest BCUT2D eigenvalue weighted by atomic mass is 16.7. The molecule has 0 saturated heterocycles. The first-order chi connectivity index (χ1) is 11.8. The van der Waals surface area contributed by atoms with Crippen molar-refractivity contribution in [3.8, 4) is 22.9 Å². The molecule has 3 aromatic rings. The highest BCUT2D eigenvalue weighted by Gasteiger charge is 2.14. The van der Waals surface area contributed by atoms with Gasteiger partial charge in [0.2, 0.25) is 12.6 Å². The van der Waals surface area contributed by atoms with Gasteiger partial charge in [-0.2, -0.15) is 5.21 Å². The highest BCUT2D eigenvalue weighted by molar-refractivity contribution is 5.95. The number of rotatable bonds is 4. The van der Waals surface area contributed by atoms with Crippen molar-refractivity contribution in [1.82, 2.24) is 25.9 Å². The minimum absolute atomic E-state index is 0.182. The largest absolute Gasteiger partial charge is 0.454 e. The maximum Gasteiger partial charge on any atom is 0.251 e. The molecule has 1 aromatic heterocycles. The van der Waals surface area contributed by atoms with Crippen molar-refractivity contribution in [2.45, 2.75) is 6.54 Å². The summed E-state index contributed by atoms with van der Waals surface area (Å²) in [6.45, 7) is 0.621. The number of nitrogens with one attached hydrogen (secondary N) is 2. The van der Waals surface area contributed by atoms with Crippen LogP contribution in [0.4, 0.5) is 0 Å². The van der Waals surface area contributed by atoms with Crippen LogP contribution in [0.3, 0.4) is 0 Å². The molecule has 1 amide bonds. The Morgan fingerprint density at radius 1 is 1.17 bits per heavy atom. The van der Waals surface area contributed by atoms with Gasteiger partial charge in [-0.25, -0.2) is 0 Å². The van der Waals surface area contributed by atoms with Gasteiger partial charge in [-0.05, 0) is 35.0 Å². The second-order valence-corrected chi connectivity index (χ2v) is 5.19. The molecular weight excluding hydrogens is 310 g/mol. The summed E-state index contributed by atoms with van der Waals surface area (Å²) in [5.74, 6) is 1.68. The van der Waals surface area contributed by atoms with Crippen LogP contribution in [0.5, 0.6) is 11.5 Å². The van der Waals surface area contributed by atoms with E-state index in [2.05, 4.69) is 25.9 Å². The minimum atomic E-state index is -0.182. The Hall–Kier alpha value is -3.42. The summed E-state index contributed by atoms with van der Waals surface area (Å²) >= 11 is 0. The molecule has 0 bridgehead atoms. The third-order valence-corrected chi connectivity index (χ3v) is 3.62. The summed E-state index contributed by atoms with van der Waals surface area (Å²) in [5, 5.41) is 16.6. The molecule has 0 unspecified atom stereocenters. The van der Waals surface area contributed by atoms with E-state index < -0.39 is 0 Å². The maximum absolute atomic E-state index is 12.3. The number of benzene rings is 2. The molecule has 0 spiro atoms. The monoisotopic (exact) mass is 323 g/mol.